The van der Waals surface area contributed by atoms with Gasteiger partial charge in [0.05, 0.1) is 17.6 Å². The highest BCUT2D eigenvalue weighted by Crippen LogP contribution is 2.39. The van der Waals surface area contributed by atoms with Crippen molar-refractivity contribution in [1.29, 1.82) is 0 Å². The van der Waals surface area contributed by atoms with Gasteiger partial charge in [-0.2, -0.15) is 0 Å². The van der Waals surface area contributed by atoms with Gasteiger partial charge in [0.25, 0.3) is 5.91 Å². The van der Waals surface area contributed by atoms with Crippen LogP contribution in [0, 0.1) is 0 Å². The molecule has 138 valence electrons. The quantitative estimate of drug-likeness (QED) is 0.693. The highest BCUT2D eigenvalue weighted by Gasteiger charge is 2.29. The van der Waals surface area contributed by atoms with E-state index in [1.807, 2.05) is 0 Å². The third kappa shape index (κ3) is 3.14. The smallest absolute Gasteiger partial charge is 0.341 e. The van der Waals surface area contributed by atoms with Gasteiger partial charge in [0.1, 0.15) is 10.6 Å². The topological polar surface area (TPSA) is 85.6 Å². The standard InChI is InChI=1S/C20H17NO5S/c1-2-25-20(24)17-12-7-5-9-16(12)27-19(17)21-18(23)15-10-13(22)11-6-3-4-8-14(11)26-15/h3-4,6,8,10H,2,5,7,9H2,1H3,(H,21,23). The highest BCUT2D eigenvalue weighted by atomic mass is 32.1. The lowest BCUT2D eigenvalue weighted by atomic mass is 10.1. The molecule has 1 aliphatic rings. The average molecular weight is 383 g/mol. The zero-order valence-electron chi connectivity index (χ0n) is 14.7. The van der Waals surface area contributed by atoms with Crippen LogP contribution in [0.1, 0.15) is 44.7 Å². The summed E-state index contributed by atoms with van der Waals surface area (Å²) in [5.74, 6) is -1.10. The van der Waals surface area contributed by atoms with Gasteiger partial charge in [0.15, 0.2) is 11.2 Å². The lowest BCUT2D eigenvalue weighted by Gasteiger charge is -2.08. The van der Waals surface area contributed by atoms with Crippen molar-refractivity contribution < 1.29 is 18.7 Å². The number of hydrogen-bond acceptors (Lipinski definition) is 6. The molecule has 27 heavy (non-hydrogen) atoms. The minimum Gasteiger partial charge on any atom is -0.462 e. The van der Waals surface area contributed by atoms with Crippen molar-refractivity contribution in [3.05, 3.63) is 62.3 Å². The van der Waals surface area contributed by atoms with Gasteiger partial charge in [-0.05, 0) is 43.9 Å². The summed E-state index contributed by atoms with van der Waals surface area (Å²) >= 11 is 1.38. The summed E-state index contributed by atoms with van der Waals surface area (Å²) in [6.07, 6.45) is 2.66. The Labute approximate surface area is 158 Å². The Bertz CT molecular complexity index is 1110. The summed E-state index contributed by atoms with van der Waals surface area (Å²) in [7, 11) is 0. The fraction of sp³-hybridized carbons (Fsp3) is 0.250. The second kappa shape index (κ2) is 7.00. The predicted octanol–water partition coefficient (Wildman–Crippen LogP) is 3.77. The maximum absolute atomic E-state index is 12.7. The fourth-order valence-electron chi connectivity index (χ4n) is 3.29. The molecule has 0 bridgehead atoms. The van der Waals surface area contributed by atoms with Crippen molar-refractivity contribution in [3.8, 4) is 0 Å². The molecule has 0 saturated heterocycles. The monoisotopic (exact) mass is 383 g/mol. The molecule has 2 heterocycles. The normalized spacial score (nSPS) is 12.8. The summed E-state index contributed by atoms with van der Waals surface area (Å²) < 4.78 is 10.7. The summed E-state index contributed by atoms with van der Waals surface area (Å²) in [5, 5.41) is 3.59. The summed E-state index contributed by atoms with van der Waals surface area (Å²) in [6.45, 7) is 2.00. The fourth-order valence-corrected chi connectivity index (χ4v) is 4.56. The van der Waals surface area contributed by atoms with Gasteiger partial charge in [-0.25, -0.2) is 4.79 Å². The molecule has 0 radical (unpaired) electrons. The second-order valence-corrected chi connectivity index (χ2v) is 7.31. The minimum atomic E-state index is -0.566. The Morgan fingerprint density at radius 3 is 2.89 bits per heavy atom. The van der Waals surface area contributed by atoms with E-state index < -0.39 is 11.9 Å². The van der Waals surface area contributed by atoms with Gasteiger partial charge in [-0.15, -0.1) is 11.3 Å². The number of aryl methyl sites for hydroxylation is 1. The van der Waals surface area contributed by atoms with E-state index in [2.05, 4.69) is 5.32 Å². The van der Waals surface area contributed by atoms with E-state index in [0.29, 0.717) is 21.5 Å². The molecule has 4 rings (SSSR count). The Morgan fingerprint density at radius 1 is 1.26 bits per heavy atom. The Kier molecular flexibility index (Phi) is 4.53. The number of thiophene rings is 1. The highest BCUT2D eigenvalue weighted by molar-refractivity contribution is 7.17. The van der Waals surface area contributed by atoms with E-state index in [1.165, 1.54) is 17.4 Å². The number of para-hydroxylation sites is 1. The largest absolute Gasteiger partial charge is 0.462 e. The predicted molar refractivity (Wildman–Crippen MR) is 103 cm³/mol. The first kappa shape index (κ1) is 17.5. The minimum absolute atomic E-state index is 0.0953. The number of fused-ring (bicyclic) bond motifs is 2. The van der Waals surface area contributed by atoms with Gasteiger partial charge in [-0.1, -0.05) is 12.1 Å². The number of anilines is 1. The first-order valence-electron chi connectivity index (χ1n) is 8.74. The molecule has 0 atom stereocenters. The maximum atomic E-state index is 12.7. The Hall–Kier alpha value is -2.93. The van der Waals surface area contributed by atoms with E-state index in [0.717, 1.165) is 29.7 Å². The van der Waals surface area contributed by atoms with E-state index in [4.69, 9.17) is 9.15 Å². The lowest BCUT2D eigenvalue weighted by molar-refractivity contribution is 0.0527. The van der Waals surface area contributed by atoms with E-state index in [-0.39, 0.29) is 17.8 Å². The first-order chi connectivity index (χ1) is 13.1. The molecule has 0 fully saturated rings. The third-order valence-electron chi connectivity index (χ3n) is 4.49. The summed E-state index contributed by atoms with van der Waals surface area (Å²) in [5.41, 5.74) is 1.43. The number of esters is 1. The number of amides is 1. The zero-order valence-corrected chi connectivity index (χ0v) is 15.5. The number of benzene rings is 1. The van der Waals surface area contributed by atoms with Crippen molar-refractivity contribution in [2.75, 3.05) is 11.9 Å². The summed E-state index contributed by atoms with van der Waals surface area (Å²) in [6, 6.07) is 7.92. The van der Waals surface area contributed by atoms with Crippen LogP contribution in [0.4, 0.5) is 5.00 Å². The molecule has 0 saturated carbocycles. The van der Waals surface area contributed by atoms with Gasteiger partial charge < -0.3 is 14.5 Å². The van der Waals surface area contributed by atoms with Gasteiger partial charge in [-0.3, -0.25) is 9.59 Å². The average Bonchev–Trinajstić information content (AvgIpc) is 3.22. The molecule has 2 aromatic heterocycles. The van der Waals surface area contributed by atoms with Crippen LogP contribution in [0.2, 0.25) is 0 Å². The lowest BCUT2D eigenvalue weighted by Crippen LogP contribution is -2.17. The molecule has 3 aromatic rings. The van der Waals surface area contributed by atoms with Crippen LogP contribution in [-0.4, -0.2) is 18.5 Å². The maximum Gasteiger partial charge on any atom is 0.341 e. The number of hydrogen-bond donors (Lipinski definition) is 1. The van der Waals surface area contributed by atoms with Gasteiger partial charge in [0.2, 0.25) is 0 Å². The van der Waals surface area contributed by atoms with Crippen LogP contribution < -0.4 is 10.7 Å². The van der Waals surface area contributed by atoms with Gasteiger partial charge >= 0.3 is 5.97 Å². The van der Waals surface area contributed by atoms with Crippen molar-refractivity contribution in [1.82, 2.24) is 0 Å². The van der Waals surface area contributed by atoms with Crippen LogP contribution >= 0.6 is 11.3 Å². The van der Waals surface area contributed by atoms with Crippen molar-refractivity contribution >= 4 is 39.2 Å². The van der Waals surface area contributed by atoms with Crippen LogP contribution in [-0.2, 0) is 17.6 Å². The van der Waals surface area contributed by atoms with Crippen LogP contribution in [0.3, 0.4) is 0 Å². The number of rotatable bonds is 4. The molecular weight excluding hydrogens is 366 g/mol. The number of carbonyl (C=O) groups is 2. The first-order valence-corrected chi connectivity index (χ1v) is 9.56. The SMILES string of the molecule is CCOC(=O)c1c(NC(=O)c2cc(=O)c3ccccc3o2)sc2c1CCC2. The number of carbonyl (C=O) groups excluding carboxylic acids is 2. The Morgan fingerprint density at radius 2 is 2.07 bits per heavy atom. The molecule has 1 amide bonds. The van der Waals surface area contributed by atoms with Crippen molar-refractivity contribution in [2.24, 2.45) is 0 Å². The van der Waals surface area contributed by atoms with Crippen molar-refractivity contribution in [3.63, 3.8) is 0 Å². The summed E-state index contributed by atoms with van der Waals surface area (Å²) in [4.78, 5) is 38.4. The molecule has 0 unspecified atom stereocenters. The van der Waals surface area contributed by atoms with E-state index in [9.17, 15) is 14.4 Å². The molecular formula is C20H17NO5S. The van der Waals surface area contributed by atoms with Crippen LogP contribution in [0.25, 0.3) is 11.0 Å². The third-order valence-corrected chi connectivity index (χ3v) is 5.69. The second-order valence-electron chi connectivity index (χ2n) is 6.21. The molecule has 0 spiro atoms. The number of ether oxygens (including phenoxy) is 1. The molecule has 1 N–H and O–H groups in total. The van der Waals surface area contributed by atoms with Crippen LogP contribution in [0.15, 0.2) is 39.5 Å². The molecule has 1 aliphatic carbocycles. The molecule has 0 aliphatic heterocycles. The molecule has 7 heteroatoms. The molecule has 1 aromatic carbocycles. The zero-order chi connectivity index (χ0) is 19.0. The van der Waals surface area contributed by atoms with E-state index >= 15 is 0 Å². The van der Waals surface area contributed by atoms with Gasteiger partial charge in [0, 0.05) is 10.9 Å². The molecule has 6 nitrogen and oxygen atoms in total. The van der Waals surface area contributed by atoms with Crippen LogP contribution in [0.5, 0.6) is 0 Å². The Balaban J connectivity index is 1.70. The van der Waals surface area contributed by atoms with Crippen molar-refractivity contribution in [2.45, 2.75) is 26.2 Å². The number of nitrogens with one attached hydrogen (secondary N) is 1. The van der Waals surface area contributed by atoms with E-state index in [1.54, 1.807) is 31.2 Å².